The van der Waals surface area contributed by atoms with Crippen molar-refractivity contribution in [3.05, 3.63) is 64.6 Å². The molecule has 2 aromatic rings. The van der Waals surface area contributed by atoms with Crippen LogP contribution < -0.4 is 14.8 Å². The van der Waals surface area contributed by atoms with Gasteiger partial charge in [-0.25, -0.2) is 0 Å². The minimum absolute atomic E-state index is 0.144. The number of ether oxygens (including phenoxy) is 2. The van der Waals surface area contributed by atoms with E-state index in [4.69, 9.17) is 21.7 Å². The Labute approximate surface area is 187 Å². The molecular formula is C24H25NO3S2. The molecule has 4 rings (SSSR count). The van der Waals surface area contributed by atoms with E-state index in [9.17, 15) is 4.79 Å². The first-order valence-corrected chi connectivity index (χ1v) is 11.6. The lowest BCUT2D eigenvalue weighted by Gasteiger charge is -2.22. The van der Waals surface area contributed by atoms with Gasteiger partial charge in [-0.05, 0) is 60.2 Å². The van der Waals surface area contributed by atoms with Gasteiger partial charge in [0.2, 0.25) is 0 Å². The van der Waals surface area contributed by atoms with Crippen molar-refractivity contribution in [3.8, 4) is 11.5 Å². The molecule has 0 bridgehead atoms. The van der Waals surface area contributed by atoms with Crippen LogP contribution in [0.15, 0.2) is 53.4 Å². The predicted molar refractivity (Wildman–Crippen MR) is 126 cm³/mol. The van der Waals surface area contributed by atoms with Crippen molar-refractivity contribution in [2.45, 2.75) is 38.0 Å². The minimum atomic E-state index is -0.144. The van der Waals surface area contributed by atoms with Crippen molar-refractivity contribution < 1.29 is 14.3 Å². The molecule has 1 saturated heterocycles. The summed E-state index contributed by atoms with van der Waals surface area (Å²) >= 11 is 6.28. The highest BCUT2D eigenvalue weighted by Gasteiger charge is 2.21. The zero-order chi connectivity index (χ0) is 20.8. The Morgan fingerprint density at radius 3 is 2.10 bits per heavy atom. The van der Waals surface area contributed by atoms with Gasteiger partial charge in [-0.2, -0.15) is 0 Å². The summed E-state index contributed by atoms with van der Waals surface area (Å²) in [5, 5.41) is 2.61. The number of carbonyl (C=O) groups is 1. The van der Waals surface area contributed by atoms with Crippen LogP contribution in [0.2, 0.25) is 0 Å². The first kappa shape index (κ1) is 20.9. The van der Waals surface area contributed by atoms with Crippen LogP contribution in [0.5, 0.6) is 11.5 Å². The first-order chi connectivity index (χ1) is 14.7. The summed E-state index contributed by atoms with van der Waals surface area (Å²) in [4.78, 5) is 12.3. The minimum Gasteiger partial charge on any atom is -0.490 e. The lowest BCUT2D eigenvalue weighted by atomic mass is 9.84. The Kier molecular flexibility index (Phi) is 7.07. The monoisotopic (exact) mass is 439 g/mol. The molecule has 6 heteroatoms. The topological polar surface area (TPSA) is 47.6 Å². The maximum atomic E-state index is 11.7. The van der Waals surface area contributed by atoms with Crippen molar-refractivity contribution in [2.24, 2.45) is 0 Å². The number of amides is 1. The highest BCUT2D eigenvalue weighted by Crippen LogP contribution is 2.33. The Bertz CT molecular complexity index is 916. The largest absolute Gasteiger partial charge is 0.490 e. The summed E-state index contributed by atoms with van der Waals surface area (Å²) in [7, 11) is 0. The molecule has 156 valence electrons. The van der Waals surface area contributed by atoms with Crippen LogP contribution in [0.4, 0.5) is 0 Å². The molecule has 1 aliphatic carbocycles. The molecule has 30 heavy (non-hydrogen) atoms. The lowest BCUT2D eigenvalue weighted by molar-refractivity contribution is -0.115. The van der Waals surface area contributed by atoms with Crippen LogP contribution in [0, 0.1) is 0 Å². The molecule has 0 atom stereocenters. The quantitative estimate of drug-likeness (QED) is 0.342. The zero-order valence-electron chi connectivity index (χ0n) is 16.8. The van der Waals surface area contributed by atoms with Crippen molar-refractivity contribution >= 4 is 40.3 Å². The van der Waals surface area contributed by atoms with Gasteiger partial charge in [0.25, 0.3) is 5.91 Å². The van der Waals surface area contributed by atoms with Gasteiger partial charge in [0.1, 0.15) is 29.0 Å². The fourth-order valence-electron chi connectivity index (χ4n) is 3.82. The summed E-state index contributed by atoms with van der Waals surface area (Å²) in [6, 6.07) is 16.2. The third kappa shape index (κ3) is 5.64. The van der Waals surface area contributed by atoms with E-state index in [-0.39, 0.29) is 5.91 Å². The van der Waals surface area contributed by atoms with Crippen molar-refractivity contribution in [3.63, 3.8) is 0 Å². The molecule has 1 aliphatic heterocycles. The van der Waals surface area contributed by atoms with Gasteiger partial charge >= 0.3 is 0 Å². The Balaban J connectivity index is 1.21. The van der Waals surface area contributed by atoms with Crippen LogP contribution in [0.1, 0.15) is 49.1 Å². The molecule has 1 N–H and O–H groups in total. The van der Waals surface area contributed by atoms with E-state index >= 15 is 0 Å². The lowest BCUT2D eigenvalue weighted by Crippen LogP contribution is -2.17. The van der Waals surface area contributed by atoms with Crippen LogP contribution in [-0.4, -0.2) is 23.4 Å². The number of rotatable bonds is 7. The molecule has 1 amide bonds. The third-order valence-corrected chi connectivity index (χ3v) is 6.56. The molecule has 0 spiro atoms. The molecule has 0 aromatic heterocycles. The number of nitrogens with one attached hydrogen (secondary N) is 1. The second-order valence-corrected chi connectivity index (χ2v) is 9.24. The Morgan fingerprint density at radius 1 is 0.933 bits per heavy atom. The van der Waals surface area contributed by atoms with E-state index in [2.05, 4.69) is 29.6 Å². The van der Waals surface area contributed by atoms with Gasteiger partial charge < -0.3 is 14.8 Å². The summed E-state index contributed by atoms with van der Waals surface area (Å²) in [5.74, 6) is 2.22. The Hall–Kier alpha value is -2.31. The predicted octanol–water partition coefficient (Wildman–Crippen LogP) is 5.68. The molecule has 0 radical (unpaired) electrons. The molecule has 1 heterocycles. The van der Waals surface area contributed by atoms with Gasteiger partial charge in [-0.3, -0.25) is 4.79 Å². The molecule has 0 unspecified atom stereocenters. The summed E-state index contributed by atoms with van der Waals surface area (Å²) in [6.45, 7) is 0.959. The second kappa shape index (κ2) is 10.1. The normalized spacial score (nSPS) is 18.5. The third-order valence-electron chi connectivity index (χ3n) is 5.40. The average Bonchev–Trinajstić information content (AvgIpc) is 3.10. The van der Waals surface area contributed by atoms with Crippen molar-refractivity contribution in [1.29, 1.82) is 0 Å². The molecule has 2 aliphatic rings. The number of hydrogen-bond donors (Lipinski definition) is 1. The molecule has 2 aromatic carbocycles. The number of carbonyl (C=O) groups excluding carboxylic acids is 1. The molecule has 4 nitrogen and oxygen atoms in total. The average molecular weight is 440 g/mol. The van der Waals surface area contributed by atoms with Crippen LogP contribution in [0.25, 0.3) is 6.08 Å². The number of benzene rings is 2. The van der Waals surface area contributed by atoms with Crippen molar-refractivity contribution in [1.82, 2.24) is 5.32 Å². The van der Waals surface area contributed by atoms with E-state index < -0.39 is 0 Å². The van der Waals surface area contributed by atoms with Crippen molar-refractivity contribution in [2.75, 3.05) is 13.2 Å². The van der Waals surface area contributed by atoms with Crippen LogP contribution >= 0.6 is 24.0 Å². The van der Waals surface area contributed by atoms with E-state index in [0.717, 1.165) is 17.1 Å². The molecule has 1 saturated carbocycles. The van der Waals surface area contributed by atoms with E-state index in [1.165, 1.54) is 49.4 Å². The summed E-state index contributed by atoms with van der Waals surface area (Å²) in [6.07, 6.45) is 8.51. The Morgan fingerprint density at radius 2 is 1.53 bits per heavy atom. The maximum Gasteiger partial charge on any atom is 0.263 e. The van der Waals surface area contributed by atoms with Gasteiger partial charge in [0.05, 0.1) is 4.91 Å². The highest BCUT2D eigenvalue weighted by molar-refractivity contribution is 8.26. The second-order valence-electron chi connectivity index (χ2n) is 7.52. The zero-order valence-corrected chi connectivity index (χ0v) is 18.4. The fourth-order valence-corrected chi connectivity index (χ4v) is 4.87. The van der Waals surface area contributed by atoms with Gasteiger partial charge in [-0.15, -0.1) is 0 Å². The van der Waals surface area contributed by atoms with Crippen LogP contribution in [-0.2, 0) is 4.79 Å². The SMILES string of the molecule is O=C1NC(=S)S/C1=C\c1ccc(OCCOc2ccc(C3CCCCC3)cc2)cc1. The van der Waals surface area contributed by atoms with E-state index in [0.29, 0.717) is 28.4 Å². The summed E-state index contributed by atoms with van der Waals surface area (Å²) < 4.78 is 12.1. The highest BCUT2D eigenvalue weighted by atomic mass is 32.2. The molecular weight excluding hydrogens is 414 g/mol. The fraction of sp³-hybridized carbons (Fsp3) is 0.333. The van der Waals surface area contributed by atoms with Gasteiger partial charge in [0.15, 0.2) is 0 Å². The maximum absolute atomic E-state index is 11.7. The molecule has 2 fully saturated rings. The number of thiocarbonyl (C=S) groups is 1. The summed E-state index contributed by atoms with van der Waals surface area (Å²) in [5.41, 5.74) is 2.36. The van der Waals surface area contributed by atoms with E-state index in [1.54, 1.807) is 0 Å². The number of hydrogen-bond acceptors (Lipinski definition) is 5. The standard InChI is InChI=1S/C24H25NO3S2/c26-23-22(30-24(29)25-23)16-17-6-10-20(11-7-17)27-14-15-28-21-12-8-19(9-13-21)18-4-2-1-3-5-18/h6-13,16,18H,1-5,14-15H2,(H,25,26,29)/b22-16-. The van der Waals surface area contributed by atoms with Crippen LogP contribution in [0.3, 0.4) is 0 Å². The van der Waals surface area contributed by atoms with E-state index in [1.807, 2.05) is 30.3 Å². The first-order valence-electron chi connectivity index (χ1n) is 10.4. The van der Waals surface area contributed by atoms with Gasteiger partial charge in [-0.1, -0.05) is 67.5 Å². The smallest absolute Gasteiger partial charge is 0.263 e. The van der Waals surface area contributed by atoms with Gasteiger partial charge in [0, 0.05) is 0 Å². The number of thioether (sulfide) groups is 1.